The Balaban J connectivity index is 0.000000360. The van der Waals surface area contributed by atoms with Gasteiger partial charge in [-0.3, -0.25) is 14.4 Å². The zero-order chi connectivity index (χ0) is 23.5. The molecule has 0 radical (unpaired) electrons. The minimum atomic E-state index is -5.08. The van der Waals surface area contributed by atoms with Gasteiger partial charge in [-0.15, -0.1) is 0 Å². The van der Waals surface area contributed by atoms with Crippen LogP contribution < -0.4 is 5.32 Å². The van der Waals surface area contributed by atoms with Gasteiger partial charge in [0, 0.05) is 57.8 Å². The lowest BCUT2D eigenvalue weighted by Gasteiger charge is -2.32. The largest absolute Gasteiger partial charge is 0.490 e. The number of halogens is 3. The minimum absolute atomic E-state index is 0.0179. The Morgan fingerprint density at radius 2 is 2.06 bits per heavy atom. The van der Waals surface area contributed by atoms with Gasteiger partial charge < -0.3 is 19.7 Å². The second-order valence-electron chi connectivity index (χ2n) is 7.88. The van der Waals surface area contributed by atoms with Gasteiger partial charge in [0.2, 0.25) is 0 Å². The van der Waals surface area contributed by atoms with E-state index in [1.54, 1.807) is 0 Å². The van der Waals surface area contributed by atoms with E-state index >= 15 is 0 Å². The van der Waals surface area contributed by atoms with Crippen molar-refractivity contribution >= 4 is 11.9 Å². The van der Waals surface area contributed by atoms with Crippen LogP contribution in [0.2, 0.25) is 0 Å². The lowest BCUT2D eigenvalue weighted by molar-refractivity contribution is -0.192. The van der Waals surface area contributed by atoms with Crippen LogP contribution in [-0.4, -0.2) is 73.7 Å². The molecule has 0 bridgehead atoms. The Bertz CT molecular complexity index is 942. The average Bonchev–Trinajstić information content (AvgIpc) is 3.42. The standard InChI is InChI=1S/C18H25N5O2.C2HF3O2/c1-21-7-3-5-16(21)18(24)20-14-12-23(11-13-9-19-22(2)10-13)15-6-4-8-25-17(14)15;3-2(4,5)1(6)7/h3,5,7,9-10,14-15,17H,4,6,8,11-12H2,1-2H3,(H,20,24);(H,6,7)/t14-,15-,17-;/m1./s1. The Morgan fingerprint density at radius 3 is 2.62 bits per heavy atom. The molecule has 32 heavy (non-hydrogen) atoms. The van der Waals surface area contributed by atoms with E-state index in [1.165, 1.54) is 5.56 Å². The molecule has 9 nitrogen and oxygen atoms in total. The molecule has 4 heterocycles. The second-order valence-corrected chi connectivity index (χ2v) is 7.88. The number of fused-ring (bicyclic) bond motifs is 1. The van der Waals surface area contributed by atoms with Crippen LogP contribution in [0.5, 0.6) is 0 Å². The molecule has 176 valence electrons. The first-order chi connectivity index (χ1) is 15.1. The quantitative estimate of drug-likeness (QED) is 0.723. The molecule has 2 N–H and O–H groups in total. The Morgan fingerprint density at radius 1 is 1.34 bits per heavy atom. The van der Waals surface area contributed by atoms with Crippen molar-refractivity contribution in [1.82, 2.24) is 24.6 Å². The lowest BCUT2D eigenvalue weighted by atomic mass is 10.0. The number of carbonyl (C=O) groups excluding carboxylic acids is 1. The molecule has 12 heteroatoms. The summed E-state index contributed by atoms with van der Waals surface area (Å²) >= 11 is 0. The van der Waals surface area contributed by atoms with E-state index in [0.29, 0.717) is 11.7 Å². The van der Waals surface area contributed by atoms with Gasteiger partial charge >= 0.3 is 12.1 Å². The molecule has 0 saturated carbocycles. The van der Waals surface area contributed by atoms with Gasteiger partial charge in [0.25, 0.3) is 5.91 Å². The summed E-state index contributed by atoms with van der Waals surface area (Å²) in [4.78, 5) is 23.9. The number of hydrogen-bond acceptors (Lipinski definition) is 5. The van der Waals surface area contributed by atoms with Crippen molar-refractivity contribution in [2.45, 2.75) is 43.8 Å². The van der Waals surface area contributed by atoms with Crippen LogP contribution in [0.4, 0.5) is 13.2 Å². The van der Waals surface area contributed by atoms with Crippen molar-refractivity contribution in [3.8, 4) is 0 Å². The maximum atomic E-state index is 12.6. The van der Waals surface area contributed by atoms with Crippen molar-refractivity contribution in [2.75, 3.05) is 13.2 Å². The molecule has 3 atom stereocenters. The summed E-state index contributed by atoms with van der Waals surface area (Å²) in [7, 11) is 3.82. The fourth-order valence-corrected chi connectivity index (χ4v) is 4.09. The number of amides is 1. The number of nitrogens with zero attached hydrogens (tertiary/aromatic N) is 4. The van der Waals surface area contributed by atoms with E-state index in [4.69, 9.17) is 14.6 Å². The molecule has 2 aliphatic rings. The fraction of sp³-hybridized carbons (Fsp3) is 0.550. The number of aryl methyl sites for hydroxylation is 2. The zero-order valence-electron chi connectivity index (χ0n) is 17.7. The molecule has 4 rings (SSSR count). The number of rotatable bonds is 4. The van der Waals surface area contributed by atoms with Gasteiger partial charge in [0.15, 0.2) is 0 Å². The van der Waals surface area contributed by atoms with Crippen molar-refractivity contribution in [3.63, 3.8) is 0 Å². The summed E-state index contributed by atoms with van der Waals surface area (Å²) in [6.07, 6.45) is 3.01. The highest BCUT2D eigenvalue weighted by Crippen LogP contribution is 2.30. The van der Waals surface area contributed by atoms with E-state index in [0.717, 1.165) is 32.5 Å². The number of carbonyl (C=O) groups is 2. The third-order valence-electron chi connectivity index (χ3n) is 5.51. The van der Waals surface area contributed by atoms with E-state index in [9.17, 15) is 18.0 Å². The van der Waals surface area contributed by atoms with E-state index in [1.807, 2.05) is 47.9 Å². The number of nitrogens with one attached hydrogen (secondary N) is 1. The van der Waals surface area contributed by atoms with Crippen LogP contribution in [0.15, 0.2) is 30.7 Å². The molecular weight excluding hydrogens is 431 g/mol. The Hall–Kier alpha value is -2.86. The number of likely N-dealkylation sites (tertiary alicyclic amines) is 1. The molecule has 2 fully saturated rings. The molecule has 1 amide bonds. The van der Waals surface area contributed by atoms with Crippen LogP contribution in [0.25, 0.3) is 0 Å². The summed E-state index contributed by atoms with van der Waals surface area (Å²) in [6.45, 7) is 2.42. The summed E-state index contributed by atoms with van der Waals surface area (Å²) in [6, 6.07) is 4.10. The first-order valence-electron chi connectivity index (χ1n) is 10.1. The van der Waals surface area contributed by atoms with Crippen LogP contribution >= 0.6 is 0 Å². The van der Waals surface area contributed by atoms with Crippen molar-refractivity contribution in [2.24, 2.45) is 14.1 Å². The first kappa shape index (κ1) is 23.8. The Labute approximate surface area is 182 Å². The average molecular weight is 457 g/mol. The summed E-state index contributed by atoms with van der Waals surface area (Å²) in [5.74, 6) is -2.79. The highest BCUT2D eigenvalue weighted by molar-refractivity contribution is 5.93. The normalized spacial score (nSPS) is 23.2. The summed E-state index contributed by atoms with van der Waals surface area (Å²) < 4.78 is 41.5. The molecule has 2 aromatic rings. The Kier molecular flexibility index (Phi) is 7.24. The van der Waals surface area contributed by atoms with Gasteiger partial charge in [0.1, 0.15) is 5.69 Å². The van der Waals surface area contributed by atoms with Gasteiger partial charge in [-0.2, -0.15) is 18.3 Å². The molecule has 0 spiro atoms. The number of ether oxygens (including phenoxy) is 1. The molecule has 2 aliphatic heterocycles. The third-order valence-corrected chi connectivity index (χ3v) is 5.51. The van der Waals surface area contributed by atoms with Gasteiger partial charge in [-0.1, -0.05) is 0 Å². The van der Waals surface area contributed by atoms with E-state index < -0.39 is 12.1 Å². The predicted molar refractivity (Wildman–Crippen MR) is 107 cm³/mol. The maximum Gasteiger partial charge on any atom is 0.490 e. The lowest BCUT2D eigenvalue weighted by Crippen LogP contribution is -2.47. The maximum absolute atomic E-state index is 12.6. The molecule has 0 aliphatic carbocycles. The molecular formula is C20H26F3N5O4. The van der Waals surface area contributed by atoms with Crippen LogP contribution in [-0.2, 0) is 30.2 Å². The number of aromatic nitrogens is 3. The summed E-state index contributed by atoms with van der Waals surface area (Å²) in [5.41, 5.74) is 1.87. The number of aliphatic carboxylic acids is 1. The minimum Gasteiger partial charge on any atom is -0.475 e. The smallest absolute Gasteiger partial charge is 0.475 e. The summed E-state index contributed by atoms with van der Waals surface area (Å²) in [5, 5.41) is 14.6. The van der Waals surface area contributed by atoms with Gasteiger partial charge in [0.05, 0.1) is 18.3 Å². The van der Waals surface area contributed by atoms with Gasteiger partial charge in [-0.25, -0.2) is 4.79 Å². The van der Waals surface area contributed by atoms with E-state index in [2.05, 4.69) is 21.5 Å². The number of alkyl halides is 3. The molecule has 0 aromatic carbocycles. The molecule has 2 saturated heterocycles. The number of hydrogen-bond donors (Lipinski definition) is 2. The SMILES string of the molecule is Cn1cc(CN2C[C@@H](NC(=O)c3cccn3C)[C@H]3OCCC[C@H]32)cn1.O=C(O)C(F)(F)F. The topological polar surface area (TPSA) is 102 Å². The highest BCUT2D eigenvalue weighted by Gasteiger charge is 2.44. The fourth-order valence-electron chi connectivity index (χ4n) is 4.09. The number of carboxylic acid groups (broad SMARTS) is 1. The van der Waals surface area contributed by atoms with E-state index in [-0.39, 0.29) is 18.1 Å². The molecule has 0 unspecified atom stereocenters. The van der Waals surface area contributed by atoms with Gasteiger partial charge in [-0.05, 0) is 25.0 Å². The van der Waals surface area contributed by atoms with Crippen LogP contribution in [0, 0.1) is 0 Å². The monoisotopic (exact) mass is 457 g/mol. The van der Waals surface area contributed by atoms with Crippen molar-refractivity contribution in [1.29, 1.82) is 0 Å². The second kappa shape index (κ2) is 9.74. The van der Waals surface area contributed by atoms with Crippen LogP contribution in [0.3, 0.4) is 0 Å². The highest BCUT2D eigenvalue weighted by atomic mass is 19.4. The number of carboxylic acids is 1. The predicted octanol–water partition coefficient (Wildman–Crippen LogP) is 1.55. The van der Waals surface area contributed by atoms with Crippen LogP contribution in [0.1, 0.15) is 28.9 Å². The van der Waals surface area contributed by atoms with Crippen molar-refractivity contribution < 1.29 is 32.6 Å². The third kappa shape index (κ3) is 5.68. The first-order valence-corrected chi connectivity index (χ1v) is 10.1. The van der Waals surface area contributed by atoms with Crippen molar-refractivity contribution in [3.05, 3.63) is 42.0 Å². The zero-order valence-corrected chi connectivity index (χ0v) is 17.7. The molecule has 2 aromatic heterocycles.